The highest BCUT2D eigenvalue weighted by molar-refractivity contribution is 5.36. The van der Waals surface area contributed by atoms with E-state index in [1.807, 2.05) is 13.8 Å². The topological polar surface area (TPSA) is 50.1 Å². The van der Waals surface area contributed by atoms with E-state index in [1.165, 1.54) is 0 Å². The minimum Gasteiger partial charge on any atom is -0.466 e. The molecule has 0 aliphatic heterocycles. The molecule has 3 heteroatoms. The third-order valence-corrected chi connectivity index (χ3v) is 1.31. The van der Waals surface area contributed by atoms with Crippen LogP contribution in [0.5, 0.6) is 0 Å². The highest BCUT2D eigenvalue weighted by atomic mass is 16.5. The molecule has 0 amide bonds. The van der Waals surface area contributed by atoms with Crippen LogP contribution in [0.15, 0.2) is 0 Å². The van der Waals surface area contributed by atoms with Crippen molar-refractivity contribution in [3.8, 4) is 6.07 Å². The lowest BCUT2D eigenvalue weighted by atomic mass is 9.99. The third-order valence-electron chi connectivity index (χ3n) is 1.31. The smallest absolute Gasteiger partial charge is 0.293 e. The average Bonchev–Trinajstić information content (AvgIpc) is 1.89. The van der Waals surface area contributed by atoms with Crippen molar-refractivity contribution in [3.63, 3.8) is 0 Å². The van der Waals surface area contributed by atoms with Gasteiger partial charge in [-0.15, -0.1) is 0 Å². The number of hydrogen-bond donors (Lipinski definition) is 0. The standard InChI is InChI=1S/C7H11NO2/c1-6(2)7(3-8)4-10-5-9/h5-7H,4H2,1-2H3. The minimum absolute atomic E-state index is 0.176. The molecular weight excluding hydrogens is 130 g/mol. The molecule has 0 radical (unpaired) electrons. The Balaban J connectivity index is 3.63. The van der Waals surface area contributed by atoms with Gasteiger partial charge in [0.2, 0.25) is 0 Å². The maximum atomic E-state index is 9.72. The largest absolute Gasteiger partial charge is 0.466 e. The summed E-state index contributed by atoms with van der Waals surface area (Å²) in [4.78, 5) is 9.72. The van der Waals surface area contributed by atoms with Crippen LogP contribution in [0.4, 0.5) is 0 Å². The molecule has 0 saturated heterocycles. The van der Waals surface area contributed by atoms with Crippen LogP contribution in [0.1, 0.15) is 13.8 Å². The van der Waals surface area contributed by atoms with Gasteiger partial charge in [0.25, 0.3) is 6.47 Å². The Morgan fingerprint density at radius 3 is 2.60 bits per heavy atom. The molecule has 0 aromatic rings. The molecule has 0 bridgehead atoms. The van der Waals surface area contributed by atoms with Crippen molar-refractivity contribution in [2.75, 3.05) is 6.61 Å². The van der Waals surface area contributed by atoms with E-state index in [0.29, 0.717) is 6.47 Å². The van der Waals surface area contributed by atoms with Gasteiger partial charge in [0, 0.05) is 0 Å². The van der Waals surface area contributed by atoms with Crippen LogP contribution in [-0.2, 0) is 9.53 Å². The Hall–Kier alpha value is -1.04. The van der Waals surface area contributed by atoms with Gasteiger partial charge in [-0.3, -0.25) is 4.79 Å². The SMILES string of the molecule is CC(C)C(C#N)COC=O. The molecular formula is C7H11NO2. The van der Waals surface area contributed by atoms with Crippen molar-refractivity contribution >= 4 is 6.47 Å². The molecule has 0 aliphatic rings. The lowest BCUT2D eigenvalue weighted by Crippen LogP contribution is -2.13. The zero-order valence-corrected chi connectivity index (χ0v) is 6.20. The first-order valence-corrected chi connectivity index (χ1v) is 3.17. The second-order valence-corrected chi connectivity index (χ2v) is 2.41. The maximum Gasteiger partial charge on any atom is 0.293 e. The Morgan fingerprint density at radius 1 is 1.70 bits per heavy atom. The van der Waals surface area contributed by atoms with Gasteiger partial charge in [0.05, 0.1) is 12.0 Å². The number of ether oxygens (including phenoxy) is 1. The van der Waals surface area contributed by atoms with Gasteiger partial charge in [-0.25, -0.2) is 0 Å². The number of carbonyl (C=O) groups is 1. The Morgan fingerprint density at radius 2 is 2.30 bits per heavy atom. The summed E-state index contributed by atoms with van der Waals surface area (Å²) >= 11 is 0. The van der Waals surface area contributed by atoms with E-state index in [2.05, 4.69) is 10.8 Å². The minimum atomic E-state index is -0.176. The Kier molecular flexibility index (Phi) is 4.30. The van der Waals surface area contributed by atoms with Crippen LogP contribution < -0.4 is 0 Å². The van der Waals surface area contributed by atoms with Crippen LogP contribution in [0.2, 0.25) is 0 Å². The summed E-state index contributed by atoms with van der Waals surface area (Å²) in [5.41, 5.74) is 0. The number of rotatable bonds is 4. The molecule has 0 aromatic heterocycles. The number of nitrogens with zero attached hydrogens (tertiary/aromatic N) is 1. The summed E-state index contributed by atoms with van der Waals surface area (Å²) in [5, 5.41) is 8.48. The maximum absolute atomic E-state index is 9.72. The van der Waals surface area contributed by atoms with Gasteiger partial charge in [0.1, 0.15) is 6.61 Å². The molecule has 0 aliphatic carbocycles. The molecule has 0 heterocycles. The molecule has 3 nitrogen and oxygen atoms in total. The van der Waals surface area contributed by atoms with E-state index in [4.69, 9.17) is 5.26 Å². The van der Waals surface area contributed by atoms with Crippen molar-refractivity contribution in [3.05, 3.63) is 0 Å². The average molecular weight is 141 g/mol. The van der Waals surface area contributed by atoms with Crippen molar-refractivity contribution in [1.82, 2.24) is 0 Å². The van der Waals surface area contributed by atoms with Gasteiger partial charge >= 0.3 is 0 Å². The summed E-state index contributed by atoms with van der Waals surface area (Å²) in [6, 6.07) is 2.05. The predicted octanol–water partition coefficient (Wildman–Crippen LogP) is 0.955. The van der Waals surface area contributed by atoms with E-state index in [9.17, 15) is 4.79 Å². The molecule has 1 unspecified atom stereocenters. The third kappa shape index (κ3) is 3.08. The van der Waals surface area contributed by atoms with Crippen molar-refractivity contribution in [2.45, 2.75) is 13.8 Å². The normalized spacial score (nSPS) is 12.2. The van der Waals surface area contributed by atoms with Gasteiger partial charge in [-0.05, 0) is 5.92 Å². The first-order valence-electron chi connectivity index (χ1n) is 3.17. The van der Waals surface area contributed by atoms with Crippen LogP contribution in [0, 0.1) is 23.2 Å². The van der Waals surface area contributed by atoms with E-state index >= 15 is 0 Å². The Bertz CT molecular complexity index is 137. The fraction of sp³-hybridized carbons (Fsp3) is 0.714. The van der Waals surface area contributed by atoms with E-state index in [0.717, 1.165) is 0 Å². The lowest BCUT2D eigenvalue weighted by molar-refractivity contribution is -0.129. The van der Waals surface area contributed by atoms with Gasteiger partial charge in [0.15, 0.2) is 0 Å². The van der Waals surface area contributed by atoms with Crippen LogP contribution in [0.3, 0.4) is 0 Å². The fourth-order valence-electron chi connectivity index (χ4n) is 0.522. The lowest BCUT2D eigenvalue weighted by Gasteiger charge is -2.09. The molecule has 0 spiro atoms. The molecule has 0 aromatic carbocycles. The number of carbonyl (C=O) groups excluding carboxylic acids is 1. The van der Waals surface area contributed by atoms with Crippen molar-refractivity contribution in [2.24, 2.45) is 11.8 Å². The summed E-state index contributed by atoms with van der Waals surface area (Å²) in [6.45, 7) is 4.41. The number of nitriles is 1. The van der Waals surface area contributed by atoms with E-state index in [1.54, 1.807) is 0 Å². The molecule has 0 saturated carbocycles. The Labute approximate surface area is 60.6 Å². The summed E-state index contributed by atoms with van der Waals surface area (Å²) < 4.78 is 4.44. The molecule has 0 rings (SSSR count). The second-order valence-electron chi connectivity index (χ2n) is 2.41. The quantitative estimate of drug-likeness (QED) is 0.548. The summed E-state index contributed by atoms with van der Waals surface area (Å²) in [7, 11) is 0. The second kappa shape index (κ2) is 4.80. The van der Waals surface area contributed by atoms with E-state index < -0.39 is 0 Å². The van der Waals surface area contributed by atoms with Crippen molar-refractivity contribution < 1.29 is 9.53 Å². The molecule has 0 N–H and O–H groups in total. The van der Waals surface area contributed by atoms with Crippen molar-refractivity contribution in [1.29, 1.82) is 5.26 Å². The van der Waals surface area contributed by atoms with Crippen LogP contribution >= 0.6 is 0 Å². The monoisotopic (exact) mass is 141 g/mol. The highest BCUT2D eigenvalue weighted by Gasteiger charge is 2.11. The van der Waals surface area contributed by atoms with Crippen LogP contribution in [0.25, 0.3) is 0 Å². The first kappa shape index (κ1) is 8.96. The molecule has 0 fully saturated rings. The van der Waals surface area contributed by atoms with Gasteiger partial charge in [-0.1, -0.05) is 13.8 Å². The summed E-state index contributed by atoms with van der Waals surface area (Å²) in [6.07, 6.45) is 0. The first-order chi connectivity index (χ1) is 4.72. The predicted molar refractivity (Wildman–Crippen MR) is 36.0 cm³/mol. The summed E-state index contributed by atoms with van der Waals surface area (Å²) in [5.74, 6) is 0.0650. The molecule has 10 heavy (non-hydrogen) atoms. The molecule has 1 atom stereocenters. The van der Waals surface area contributed by atoms with E-state index in [-0.39, 0.29) is 18.4 Å². The zero-order valence-electron chi connectivity index (χ0n) is 6.20. The van der Waals surface area contributed by atoms with Gasteiger partial charge in [-0.2, -0.15) is 5.26 Å². The molecule has 56 valence electrons. The van der Waals surface area contributed by atoms with Gasteiger partial charge < -0.3 is 4.74 Å². The number of hydrogen-bond acceptors (Lipinski definition) is 3. The zero-order chi connectivity index (χ0) is 7.98. The fourth-order valence-corrected chi connectivity index (χ4v) is 0.522. The van der Waals surface area contributed by atoms with Crippen LogP contribution in [-0.4, -0.2) is 13.1 Å². The highest BCUT2D eigenvalue weighted by Crippen LogP contribution is 2.08.